The second-order valence-corrected chi connectivity index (χ2v) is 7.50. The highest BCUT2D eigenvalue weighted by Gasteiger charge is 2.31. The first-order chi connectivity index (χ1) is 13.5. The molecule has 8 heteroatoms. The smallest absolute Gasteiger partial charge is 0.251 e. The van der Waals surface area contributed by atoms with Crippen LogP contribution in [0.2, 0.25) is 5.02 Å². The van der Waals surface area contributed by atoms with E-state index in [9.17, 15) is 9.59 Å². The van der Waals surface area contributed by atoms with Crippen LogP contribution in [0.4, 0.5) is 5.95 Å². The number of nitrogens with one attached hydrogen (secondary N) is 1. The Labute approximate surface area is 169 Å². The van der Waals surface area contributed by atoms with Crippen molar-refractivity contribution < 1.29 is 9.59 Å². The summed E-state index contributed by atoms with van der Waals surface area (Å²) in [5.74, 6) is 0.302. The number of carbonyl (C=O) groups is 2. The Hall–Kier alpha value is -2.67. The largest absolute Gasteiger partial charge is 0.340 e. The molecule has 7 nitrogen and oxygen atoms in total. The van der Waals surface area contributed by atoms with Gasteiger partial charge in [-0.15, -0.1) is 0 Å². The van der Waals surface area contributed by atoms with Crippen LogP contribution in [-0.4, -0.2) is 58.9 Å². The molecule has 148 valence electrons. The molecule has 1 aliphatic heterocycles. The lowest BCUT2D eigenvalue weighted by atomic mass is 10.0. The Morgan fingerprint density at radius 3 is 2.21 bits per heavy atom. The lowest BCUT2D eigenvalue weighted by molar-refractivity contribution is -0.134. The molecule has 0 spiro atoms. The van der Waals surface area contributed by atoms with E-state index in [4.69, 9.17) is 11.6 Å². The van der Waals surface area contributed by atoms with Gasteiger partial charge in [0.1, 0.15) is 6.04 Å². The van der Waals surface area contributed by atoms with Crippen LogP contribution >= 0.6 is 11.6 Å². The fourth-order valence-corrected chi connectivity index (χ4v) is 3.24. The summed E-state index contributed by atoms with van der Waals surface area (Å²) in [6.07, 6.45) is 3.42. The van der Waals surface area contributed by atoms with Gasteiger partial charge < -0.3 is 15.1 Å². The third-order valence-electron chi connectivity index (χ3n) is 4.75. The molecule has 1 fully saturated rings. The van der Waals surface area contributed by atoms with Crippen molar-refractivity contribution in [1.29, 1.82) is 0 Å². The van der Waals surface area contributed by atoms with Crippen molar-refractivity contribution in [2.75, 3.05) is 31.1 Å². The van der Waals surface area contributed by atoms with Crippen molar-refractivity contribution in [3.63, 3.8) is 0 Å². The molecule has 1 aromatic heterocycles. The van der Waals surface area contributed by atoms with Crippen LogP contribution in [0.5, 0.6) is 0 Å². The van der Waals surface area contributed by atoms with E-state index in [0.29, 0.717) is 42.7 Å². The van der Waals surface area contributed by atoms with Gasteiger partial charge >= 0.3 is 0 Å². The SMILES string of the molecule is CC(C)[C@@H](NC(=O)c1ccc(Cl)cc1)C(=O)N1CCN(c2ncccn2)CC1. The van der Waals surface area contributed by atoms with Gasteiger partial charge in [0.25, 0.3) is 5.91 Å². The maximum Gasteiger partial charge on any atom is 0.251 e. The Morgan fingerprint density at radius 1 is 1.04 bits per heavy atom. The second-order valence-electron chi connectivity index (χ2n) is 7.06. The average Bonchev–Trinajstić information content (AvgIpc) is 2.72. The van der Waals surface area contributed by atoms with Gasteiger partial charge in [-0.3, -0.25) is 9.59 Å². The van der Waals surface area contributed by atoms with Gasteiger partial charge in [-0.2, -0.15) is 0 Å². The van der Waals surface area contributed by atoms with Crippen molar-refractivity contribution in [3.8, 4) is 0 Å². The third kappa shape index (κ3) is 4.78. The number of hydrogen-bond acceptors (Lipinski definition) is 5. The predicted octanol–water partition coefficient (Wildman–Crippen LogP) is 2.23. The molecule has 0 unspecified atom stereocenters. The molecule has 2 aromatic rings. The van der Waals surface area contributed by atoms with E-state index >= 15 is 0 Å². The standard InChI is InChI=1S/C20H24ClN5O2/c1-14(2)17(24-18(27)15-4-6-16(21)7-5-15)19(28)25-10-12-26(13-11-25)20-22-8-3-9-23-20/h3-9,14,17H,10-13H2,1-2H3,(H,24,27)/t17-/m1/s1. The Bertz CT molecular complexity index is 805. The first-order valence-electron chi connectivity index (χ1n) is 9.33. The van der Waals surface area contributed by atoms with Crippen molar-refractivity contribution in [3.05, 3.63) is 53.3 Å². The first-order valence-corrected chi connectivity index (χ1v) is 9.70. The van der Waals surface area contributed by atoms with Gasteiger partial charge in [-0.05, 0) is 36.2 Å². The molecule has 0 saturated carbocycles. The predicted molar refractivity (Wildman–Crippen MR) is 108 cm³/mol. The summed E-state index contributed by atoms with van der Waals surface area (Å²) in [5, 5.41) is 3.44. The highest BCUT2D eigenvalue weighted by atomic mass is 35.5. The normalized spacial score (nSPS) is 15.4. The Kier molecular flexibility index (Phi) is 6.46. The highest BCUT2D eigenvalue weighted by molar-refractivity contribution is 6.30. The molecular formula is C20H24ClN5O2. The van der Waals surface area contributed by atoms with Crippen LogP contribution in [0, 0.1) is 5.92 Å². The lowest BCUT2D eigenvalue weighted by Gasteiger charge is -2.37. The van der Waals surface area contributed by atoms with Gasteiger partial charge in [0.05, 0.1) is 0 Å². The zero-order chi connectivity index (χ0) is 20.1. The summed E-state index contributed by atoms with van der Waals surface area (Å²) in [7, 11) is 0. The molecule has 1 saturated heterocycles. The van der Waals surface area contributed by atoms with Crippen LogP contribution in [0.25, 0.3) is 0 Å². The average molecular weight is 402 g/mol. The Morgan fingerprint density at radius 2 is 1.64 bits per heavy atom. The summed E-state index contributed by atoms with van der Waals surface area (Å²) in [4.78, 5) is 38.0. The molecule has 1 atom stereocenters. The summed E-state index contributed by atoms with van der Waals surface area (Å²) >= 11 is 5.88. The highest BCUT2D eigenvalue weighted by Crippen LogP contribution is 2.14. The number of carbonyl (C=O) groups excluding carboxylic acids is 2. The molecule has 1 aliphatic rings. The van der Waals surface area contributed by atoms with E-state index in [-0.39, 0.29) is 17.7 Å². The monoisotopic (exact) mass is 401 g/mol. The molecule has 1 N–H and O–H groups in total. The van der Waals surface area contributed by atoms with Crippen LogP contribution in [0.15, 0.2) is 42.7 Å². The van der Waals surface area contributed by atoms with Crippen molar-refractivity contribution >= 4 is 29.4 Å². The van der Waals surface area contributed by atoms with Gasteiger partial charge in [0.15, 0.2) is 0 Å². The van der Waals surface area contributed by atoms with E-state index in [2.05, 4.69) is 20.2 Å². The minimum atomic E-state index is -0.581. The van der Waals surface area contributed by atoms with Gasteiger partial charge in [-0.25, -0.2) is 9.97 Å². The Balaban J connectivity index is 1.62. The molecule has 1 aromatic carbocycles. The quantitative estimate of drug-likeness (QED) is 0.831. The summed E-state index contributed by atoms with van der Waals surface area (Å²) in [6.45, 7) is 6.31. The van der Waals surface area contributed by atoms with Crippen molar-refractivity contribution in [2.45, 2.75) is 19.9 Å². The fraction of sp³-hybridized carbons (Fsp3) is 0.400. The number of benzene rings is 1. The fourth-order valence-electron chi connectivity index (χ4n) is 3.12. The molecule has 0 bridgehead atoms. The van der Waals surface area contributed by atoms with E-state index in [1.165, 1.54) is 0 Å². The minimum Gasteiger partial charge on any atom is -0.340 e. The van der Waals surface area contributed by atoms with E-state index in [0.717, 1.165) is 0 Å². The van der Waals surface area contributed by atoms with Crippen LogP contribution < -0.4 is 10.2 Å². The van der Waals surface area contributed by atoms with Crippen LogP contribution in [0.3, 0.4) is 0 Å². The maximum atomic E-state index is 13.0. The number of rotatable bonds is 5. The summed E-state index contributed by atoms with van der Waals surface area (Å²) < 4.78 is 0. The number of anilines is 1. The molecule has 0 radical (unpaired) electrons. The van der Waals surface area contributed by atoms with Crippen LogP contribution in [0.1, 0.15) is 24.2 Å². The lowest BCUT2D eigenvalue weighted by Crippen LogP contribution is -2.56. The molecule has 2 amide bonds. The summed E-state index contributed by atoms with van der Waals surface area (Å²) in [5.41, 5.74) is 0.480. The molecule has 0 aliphatic carbocycles. The van der Waals surface area contributed by atoms with Crippen molar-refractivity contribution in [2.24, 2.45) is 5.92 Å². The number of aromatic nitrogens is 2. The van der Waals surface area contributed by atoms with Gasteiger partial charge in [-0.1, -0.05) is 25.4 Å². The number of hydrogen-bond donors (Lipinski definition) is 1. The molecular weight excluding hydrogens is 378 g/mol. The number of amides is 2. The molecule has 3 rings (SSSR count). The molecule has 28 heavy (non-hydrogen) atoms. The van der Waals surface area contributed by atoms with Crippen molar-refractivity contribution in [1.82, 2.24) is 20.2 Å². The van der Waals surface area contributed by atoms with Gasteiger partial charge in [0, 0.05) is 49.2 Å². The molecule has 2 heterocycles. The second kappa shape index (κ2) is 9.01. The first kappa shape index (κ1) is 20.1. The zero-order valence-corrected chi connectivity index (χ0v) is 16.8. The van der Waals surface area contributed by atoms with Crippen LogP contribution in [-0.2, 0) is 4.79 Å². The zero-order valence-electron chi connectivity index (χ0n) is 16.0. The number of halogens is 1. The number of nitrogens with zero attached hydrogens (tertiary/aromatic N) is 4. The minimum absolute atomic E-state index is 0.0285. The van der Waals surface area contributed by atoms with Gasteiger partial charge in [0.2, 0.25) is 11.9 Å². The third-order valence-corrected chi connectivity index (χ3v) is 5.00. The number of piperazine rings is 1. The van der Waals surface area contributed by atoms with E-state index in [1.54, 1.807) is 47.6 Å². The van der Waals surface area contributed by atoms with E-state index < -0.39 is 6.04 Å². The summed E-state index contributed by atoms with van der Waals surface area (Å²) in [6, 6.07) is 7.82. The van der Waals surface area contributed by atoms with E-state index in [1.807, 2.05) is 13.8 Å². The maximum absolute atomic E-state index is 13.0. The topological polar surface area (TPSA) is 78.4 Å².